The predicted molar refractivity (Wildman–Crippen MR) is 107 cm³/mol. The maximum absolute atomic E-state index is 12.7. The number of furan rings is 1. The van der Waals surface area contributed by atoms with Gasteiger partial charge < -0.3 is 4.42 Å². The van der Waals surface area contributed by atoms with E-state index in [9.17, 15) is 9.59 Å². The van der Waals surface area contributed by atoms with E-state index in [1.807, 2.05) is 13.1 Å². The second-order valence-electron chi connectivity index (χ2n) is 7.45. The average molecular weight is 380 g/mol. The van der Waals surface area contributed by atoms with Crippen LogP contribution in [0.25, 0.3) is 10.8 Å². The lowest BCUT2D eigenvalue weighted by molar-refractivity contribution is -0.117. The minimum Gasteiger partial charge on any atom is -0.444 e. The van der Waals surface area contributed by atoms with E-state index in [0.717, 1.165) is 19.3 Å². The molecule has 28 heavy (non-hydrogen) atoms. The standard InChI is InChI=1S/C21H24N4O3/c1-12-18-13(2)28-21(19(18)20(27)24-23-12)22-17(26)11-25(3)16-10-6-8-14-7-4-5-9-15(14)16/h4-5,7,9,16H,6,8,10-11H2,1-3H3,(H,22,26)(H,24,27). The second-order valence-corrected chi connectivity index (χ2v) is 7.45. The molecule has 1 atom stereocenters. The molecular weight excluding hydrogens is 356 g/mol. The molecule has 1 amide bonds. The van der Waals surface area contributed by atoms with Gasteiger partial charge in [0.25, 0.3) is 5.56 Å². The van der Waals surface area contributed by atoms with E-state index in [2.05, 4.69) is 38.6 Å². The number of benzene rings is 1. The number of fused-ring (bicyclic) bond motifs is 2. The third-order valence-electron chi connectivity index (χ3n) is 5.51. The van der Waals surface area contributed by atoms with Gasteiger partial charge in [-0.05, 0) is 51.3 Å². The molecule has 1 aliphatic rings. The van der Waals surface area contributed by atoms with Crippen LogP contribution in [0.15, 0.2) is 33.5 Å². The summed E-state index contributed by atoms with van der Waals surface area (Å²) in [5, 5.41) is 10.2. The third kappa shape index (κ3) is 3.22. The number of nitrogens with one attached hydrogen (secondary N) is 2. The zero-order valence-electron chi connectivity index (χ0n) is 16.3. The van der Waals surface area contributed by atoms with Gasteiger partial charge in [-0.1, -0.05) is 24.3 Å². The molecule has 0 aliphatic heterocycles. The van der Waals surface area contributed by atoms with Gasteiger partial charge in [-0.3, -0.25) is 19.8 Å². The highest BCUT2D eigenvalue weighted by Gasteiger charge is 2.25. The highest BCUT2D eigenvalue weighted by Crippen LogP contribution is 2.33. The van der Waals surface area contributed by atoms with Gasteiger partial charge in [0, 0.05) is 6.04 Å². The molecule has 0 bridgehead atoms. The summed E-state index contributed by atoms with van der Waals surface area (Å²) in [6.07, 6.45) is 3.21. The summed E-state index contributed by atoms with van der Waals surface area (Å²) in [4.78, 5) is 27.0. The summed E-state index contributed by atoms with van der Waals surface area (Å²) in [6.45, 7) is 3.76. The fourth-order valence-electron chi connectivity index (χ4n) is 4.22. The van der Waals surface area contributed by atoms with Crippen molar-refractivity contribution in [2.75, 3.05) is 18.9 Å². The Balaban J connectivity index is 1.54. The maximum atomic E-state index is 12.7. The molecule has 1 aromatic carbocycles. The number of likely N-dealkylation sites (N-methyl/N-ethyl adjacent to an activating group) is 1. The maximum Gasteiger partial charge on any atom is 0.277 e. The van der Waals surface area contributed by atoms with Crippen molar-refractivity contribution in [3.8, 4) is 0 Å². The second kappa shape index (κ2) is 7.24. The van der Waals surface area contributed by atoms with Gasteiger partial charge in [-0.25, -0.2) is 5.10 Å². The van der Waals surface area contributed by atoms with Gasteiger partial charge in [-0.15, -0.1) is 0 Å². The molecule has 4 rings (SSSR count). The lowest BCUT2D eigenvalue weighted by Gasteiger charge is -2.32. The normalized spacial score (nSPS) is 16.4. The average Bonchev–Trinajstić information content (AvgIpc) is 3.01. The van der Waals surface area contributed by atoms with E-state index in [4.69, 9.17) is 4.42 Å². The zero-order chi connectivity index (χ0) is 19.8. The highest BCUT2D eigenvalue weighted by molar-refractivity contribution is 6.01. The number of anilines is 1. The SMILES string of the molecule is Cc1n[nH]c(=O)c2c(NC(=O)CN(C)C3CCCc4ccccc43)oc(C)c12. The van der Waals surface area contributed by atoms with Crippen LogP contribution in [0, 0.1) is 13.8 Å². The fraction of sp³-hybridized carbons (Fsp3) is 0.381. The first kappa shape index (κ1) is 18.4. The molecule has 2 aromatic heterocycles. The van der Waals surface area contributed by atoms with Crippen molar-refractivity contribution >= 4 is 22.6 Å². The molecular formula is C21H24N4O3. The Morgan fingerprint density at radius 1 is 1.32 bits per heavy atom. The Labute approximate surface area is 162 Å². The van der Waals surface area contributed by atoms with E-state index >= 15 is 0 Å². The summed E-state index contributed by atoms with van der Waals surface area (Å²) < 4.78 is 5.67. The monoisotopic (exact) mass is 380 g/mol. The van der Waals surface area contributed by atoms with Crippen LogP contribution in [0.4, 0.5) is 5.88 Å². The van der Waals surface area contributed by atoms with E-state index in [1.54, 1.807) is 13.8 Å². The molecule has 0 radical (unpaired) electrons. The van der Waals surface area contributed by atoms with Gasteiger partial charge in [0.2, 0.25) is 11.8 Å². The van der Waals surface area contributed by atoms with Crippen molar-refractivity contribution in [3.63, 3.8) is 0 Å². The first-order valence-electron chi connectivity index (χ1n) is 9.52. The molecule has 3 aromatic rings. The topological polar surface area (TPSA) is 91.2 Å². The Morgan fingerprint density at radius 2 is 2.11 bits per heavy atom. The third-order valence-corrected chi connectivity index (χ3v) is 5.51. The van der Waals surface area contributed by atoms with Gasteiger partial charge in [0.15, 0.2) is 0 Å². The lowest BCUT2D eigenvalue weighted by Crippen LogP contribution is -2.35. The van der Waals surface area contributed by atoms with Gasteiger partial charge in [0.1, 0.15) is 11.1 Å². The number of carbonyl (C=O) groups is 1. The van der Waals surface area contributed by atoms with E-state index < -0.39 is 0 Å². The number of aromatic amines is 1. The summed E-state index contributed by atoms with van der Waals surface area (Å²) in [7, 11) is 1.96. The van der Waals surface area contributed by atoms with Crippen LogP contribution in [0.3, 0.4) is 0 Å². The number of H-pyrrole nitrogens is 1. The number of amides is 1. The van der Waals surface area contributed by atoms with Crippen molar-refractivity contribution in [1.82, 2.24) is 15.1 Å². The minimum absolute atomic E-state index is 0.182. The fourth-order valence-corrected chi connectivity index (χ4v) is 4.22. The van der Waals surface area contributed by atoms with Crippen molar-refractivity contribution < 1.29 is 9.21 Å². The van der Waals surface area contributed by atoms with Crippen molar-refractivity contribution in [3.05, 3.63) is 57.2 Å². The van der Waals surface area contributed by atoms with Crippen LogP contribution in [0.1, 0.15) is 41.5 Å². The molecule has 7 heteroatoms. The van der Waals surface area contributed by atoms with E-state index in [1.165, 1.54) is 11.1 Å². The zero-order valence-corrected chi connectivity index (χ0v) is 16.3. The van der Waals surface area contributed by atoms with Gasteiger partial charge >= 0.3 is 0 Å². The smallest absolute Gasteiger partial charge is 0.277 e. The molecule has 0 fully saturated rings. The molecule has 1 unspecified atom stereocenters. The number of aryl methyl sites for hydroxylation is 3. The lowest BCUT2D eigenvalue weighted by atomic mass is 9.87. The first-order chi connectivity index (χ1) is 13.5. The van der Waals surface area contributed by atoms with Crippen LogP contribution in [0.5, 0.6) is 0 Å². The minimum atomic E-state index is -0.373. The van der Waals surface area contributed by atoms with Crippen molar-refractivity contribution in [2.45, 2.75) is 39.2 Å². The Morgan fingerprint density at radius 3 is 2.93 bits per heavy atom. The Bertz CT molecular complexity index is 1100. The van der Waals surface area contributed by atoms with Gasteiger partial charge in [-0.2, -0.15) is 5.10 Å². The van der Waals surface area contributed by atoms with Crippen molar-refractivity contribution in [1.29, 1.82) is 0 Å². The van der Waals surface area contributed by atoms with Crippen LogP contribution in [-0.4, -0.2) is 34.6 Å². The van der Waals surface area contributed by atoms with Gasteiger partial charge in [0.05, 0.1) is 17.6 Å². The molecule has 0 saturated heterocycles. The molecule has 0 saturated carbocycles. The van der Waals surface area contributed by atoms with E-state index in [0.29, 0.717) is 22.2 Å². The summed E-state index contributed by atoms with van der Waals surface area (Å²) in [5.41, 5.74) is 2.93. The number of nitrogens with zero attached hydrogens (tertiary/aromatic N) is 2. The molecule has 2 N–H and O–H groups in total. The highest BCUT2D eigenvalue weighted by atomic mass is 16.4. The molecule has 146 valence electrons. The molecule has 0 spiro atoms. The van der Waals surface area contributed by atoms with Crippen LogP contribution < -0.4 is 10.9 Å². The molecule has 1 aliphatic carbocycles. The van der Waals surface area contributed by atoms with Crippen LogP contribution >= 0.6 is 0 Å². The number of rotatable bonds is 4. The van der Waals surface area contributed by atoms with Crippen LogP contribution in [0.2, 0.25) is 0 Å². The summed E-state index contributed by atoms with van der Waals surface area (Å²) >= 11 is 0. The largest absolute Gasteiger partial charge is 0.444 e. The molecule has 7 nitrogen and oxygen atoms in total. The van der Waals surface area contributed by atoms with Crippen molar-refractivity contribution in [2.24, 2.45) is 0 Å². The first-order valence-corrected chi connectivity index (χ1v) is 9.52. The number of aromatic nitrogens is 2. The number of carbonyl (C=O) groups excluding carboxylic acids is 1. The van der Waals surface area contributed by atoms with E-state index in [-0.39, 0.29) is 29.9 Å². The van der Waals surface area contributed by atoms with Crippen LogP contribution in [-0.2, 0) is 11.2 Å². The predicted octanol–water partition coefficient (Wildman–Crippen LogP) is 3.08. The quantitative estimate of drug-likeness (QED) is 0.726. The Hall–Kier alpha value is -2.93. The molecule has 2 heterocycles. The summed E-state index contributed by atoms with van der Waals surface area (Å²) in [5.74, 6) is 0.535. The Kier molecular flexibility index (Phi) is 4.77. The number of hydrogen-bond donors (Lipinski definition) is 2. The summed E-state index contributed by atoms with van der Waals surface area (Å²) in [6, 6.07) is 8.63. The number of hydrogen-bond acceptors (Lipinski definition) is 5.